The average molecular weight is 235 g/mol. The number of ketones is 1. The molecule has 0 aliphatic heterocycles. The second kappa shape index (κ2) is 5.87. The van der Waals surface area contributed by atoms with Crippen molar-refractivity contribution in [2.75, 3.05) is 18.1 Å². The van der Waals surface area contributed by atoms with E-state index in [0.717, 1.165) is 0 Å². The van der Waals surface area contributed by atoms with E-state index in [9.17, 15) is 13.2 Å². The first kappa shape index (κ1) is 14.1. The lowest BCUT2D eigenvalue weighted by molar-refractivity contribution is -0.114. The number of nitrogens with two attached hydrogens (primary N) is 1. The highest BCUT2D eigenvalue weighted by Gasteiger charge is 2.20. The Balaban J connectivity index is 4.34. The van der Waals surface area contributed by atoms with Crippen LogP contribution in [0.4, 0.5) is 0 Å². The highest BCUT2D eigenvalue weighted by molar-refractivity contribution is 7.92. The molecule has 88 valence electrons. The maximum Gasteiger partial charge on any atom is 0.159 e. The van der Waals surface area contributed by atoms with Crippen LogP contribution in [0.5, 0.6) is 0 Å². The number of Topliss-reactive ketones (excluding diaryl/α,β-unsaturated/α-hetero) is 1. The summed E-state index contributed by atoms with van der Waals surface area (Å²) in [7, 11) is -3.46. The number of carbonyl (C=O) groups excluding carboxylic acids is 1. The van der Waals surface area contributed by atoms with Crippen LogP contribution < -0.4 is 5.73 Å². The van der Waals surface area contributed by atoms with Gasteiger partial charge in [-0.15, -0.1) is 0 Å². The maximum absolute atomic E-state index is 11.4. The Hall–Kier alpha value is -0.880. The van der Waals surface area contributed by atoms with Gasteiger partial charge in [-0.2, -0.15) is 0 Å². The summed E-state index contributed by atoms with van der Waals surface area (Å²) in [6.45, 7) is 6.87. The molecule has 15 heavy (non-hydrogen) atoms. The molecule has 0 aliphatic rings. The van der Waals surface area contributed by atoms with Crippen molar-refractivity contribution in [3.05, 3.63) is 12.3 Å². The highest BCUT2D eigenvalue weighted by atomic mass is 32.2. The van der Waals surface area contributed by atoms with Crippen LogP contribution in [0, 0.1) is 0 Å². The summed E-state index contributed by atoms with van der Waals surface area (Å²) < 4.78 is 27.7. The van der Waals surface area contributed by atoms with Crippen LogP contribution in [0.25, 0.3) is 0 Å². The van der Waals surface area contributed by atoms with Gasteiger partial charge in [0.1, 0.15) is 17.3 Å². The fourth-order valence-corrected chi connectivity index (χ4v) is 2.50. The molecule has 0 aromatic carbocycles. The van der Waals surface area contributed by atoms with E-state index in [1.165, 1.54) is 6.92 Å². The molecule has 0 fully saturated rings. The molecule has 0 heterocycles. The van der Waals surface area contributed by atoms with E-state index in [0.29, 0.717) is 6.61 Å². The molecule has 0 saturated heterocycles. The predicted molar refractivity (Wildman–Crippen MR) is 58.1 cm³/mol. The number of rotatable bonds is 7. The molecular formula is C9H17NO4S. The van der Waals surface area contributed by atoms with E-state index in [4.69, 9.17) is 10.5 Å². The molecule has 0 rings (SSSR count). The van der Waals surface area contributed by atoms with Gasteiger partial charge in [-0.1, -0.05) is 6.58 Å². The van der Waals surface area contributed by atoms with Gasteiger partial charge in [0.25, 0.3) is 0 Å². The van der Waals surface area contributed by atoms with E-state index in [-0.39, 0.29) is 11.5 Å². The summed E-state index contributed by atoms with van der Waals surface area (Å²) in [5, 5.41) is 0. The Morgan fingerprint density at radius 1 is 1.53 bits per heavy atom. The number of carbonyl (C=O) groups is 1. The van der Waals surface area contributed by atoms with Crippen LogP contribution >= 0.6 is 0 Å². The number of sulfone groups is 1. The summed E-state index contributed by atoms with van der Waals surface area (Å²) in [5.74, 6) is -0.972. The Labute approximate surface area is 90.2 Å². The first-order chi connectivity index (χ1) is 6.78. The lowest BCUT2D eigenvalue weighted by Crippen LogP contribution is -2.34. The molecule has 0 aromatic heterocycles. The van der Waals surface area contributed by atoms with Gasteiger partial charge < -0.3 is 10.5 Å². The van der Waals surface area contributed by atoms with E-state index < -0.39 is 27.4 Å². The molecule has 0 radical (unpaired) electrons. The second-order valence-electron chi connectivity index (χ2n) is 3.26. The van der Waals surface area contributed by atoms with Crippen LogP contribution in [0.1, 0.15) is 13.8 Å². The third kappa shape index (κ3) is 6.24. The van der Waals surface area contributed by atoms with Crippen molar-refractivity contribution in [2.45, 2.75) is 19.9 Å². The SMILES string of the molecule is C=C(OCC)[C@@H](N)CS(=O)(=O)CC(C)=O. The number of hydrogen-bond donors (Lipinski definition) is 1. The fourth-order valence-electron chi connectivity index (χ4n) is 1.03. The summed E-state index contributed by atoms with van der Waals surface area (Å²) >= 11 is 0. The Kier molecular flexibility index (Phi) is 5.53. The summed E-state index contributed by atoms with van der Waals surface area (Å²) in [6.07, 6.45) is 0. The molecule has 0 spiro atoms. The molecule has 0 amide bonds. The van der Waals surface area contributed by atoms with Gasteiger partial charge in [0.15, 0.2) is 9.84 Å². The minimum Gasteiger partial charge on any atom is -0.497 e. The molecular weight excluding hydrogens is 218 g/mol. The van der Waals surface area contributed by atoms with Crippen molar-refractivity contribution >= 4 is 15.6 Å². The van der Waals surface area contributed by atoms with Crippen LogP contribution in [0.15, 0.2) is 12.3 Å². The van der Waals surface area contributed by atoms with Crippen LogP contribution in [-0.4, -0.2) is 38.4 Å². The smallest absolute Gasteiger partial charge is 0.159 e. The third-order valence-corrected chi connectivity index (χ3v) is 3.31. The summed E-state index contributed by atoms with van der Waals surface area (Å²) in [6, 6.07) is -0.783. The predicted octanol–water partition coefficient (Wildman–Crippen LogP) is -0.132. The van der Waals surface area contributed by atoms with E-state index in [2.05, 4.69) is 6.58 Å². The van der Waals surface area contributed by atoms with Crippen molar-refractivity contribution in [1.82, 2.24) is 0 Å². The van der Waals surface area contributed by atoms with Gasteiger partial charge >= 0.3 is 0 Å². The van der Waals surface area contributed by atoms with Gasteiger partial charge in [-0.3, -0.25) is 4.79 Å². The quantitative estimate of drug-likeness (QED) is 0.621. The van der Waals surface area contributed by atoms with Gasteiger partial charge in [-0.05, 0) is 13.8 Å². The lowest BCUT2D eigenvalue weighted by Gasteiger charge is -2.14. The Morgan fingerprint density at radius 2 is 2.07 bits per heavy atom. The van der Waals surface area contributed by atoms with Gasteiger partial charge in [0.05, 0.1) is 18.4 Å². The van der Waals surface area contributed by atoms with Gasteiger partial charge in [0.2, 0.25) is 0 Å². The molecule has 1 atom stereocenters. The highest BCUT2D eigenvalue weighted by Crippen LogP contribution is 2.03. The zero-order valence-corrected chi connectivity index (χ0v) is 9.84. The van der Waals surface area contributed by atoms with Crippen LogP contribution in [0.3, 0.4) is 0 Å². The first-order valence-electron chi connectivity index (χ1n) is 4.55. The third-order valence-electron chi connectivity index (χ3n) is 1.60. The molecule has 0 unspecified atom stereocenters. The van der Waals surface area contributed by atoms with Crippen molar-refractivity contribution in [2.24, 2.45) is 5.73 Å². The molecule has 6 heteroatoms. The monoisotopic (exact) mass is 235 g/mol. The molecule has 0 bridgehead atoms. The zero-order valence-electron chi connectivity index (χ0n) is 9.02. The number of hydrogen-bond acceptors (Lipinski definition) is 5. The van der Waals surface area contributed by atoms with E-state index >= 15 is 0 Å². The minimum absolute atomic E-state index is 0.227. The molecule has 0 aromatic rings. The van der Waals surface area contributed by atoms with Gasteiger partial charge in [-0.25, -0.2) is 8.42 Å². The first-order valence-corrected chi connectivity index (χ1v) is 6.37. The molecule has 2 N–H and O–H groups in total. The summed E-state index contributed by atoms with van der Waals surface area (Å²) in [5.41, 5.74) is 5.55. The Bertz CT molecular complexity index is 334. The van der Waals surface area contributed by atoms with Crippen molar-refractivity contribution in [3.8, 4) is 0 Å². The van der Waals surface area contributed by atoms with Gasteiger partial charge in [0, 0.05) is 0 Å². The Morgan fingerprint density at radius 3 is 2.47 bits per heavy atom. The van der Waals surface area contributed by atoms with Crippen molar-refractivity contribution in [1.29, 1.82) is 0 Å². The standard InChI is InChI=1S/C9H17NO4S/c1-4-14-8(3)9(10)6-15(12,13)5-7(2)11/h9H,3-6,10H2,1-2H3/t9-/m0/s1. The van der Waals surface area contributed by atoms with Crippen LogP contribution in [0.2, 0.25) is 0 Å². The topological polar surface area (TPSA) is 86.5 Å². The normalized spacial score (nSPS) is 13.3. The lowest BCUT2D eigenvalue weighted by atomic mass is 10.3. The van der Waals surface area contributed by atoms with Crippen LogP contribution in [-0.2, 0) is 19.4 Å². The maximum atomic E-state index is 11.4. The minimum atomic E-state index is -3.46. The second-order valence-corrected chi connectivity index (χ2v) is 5.37. The molecule has 5 nitrogen and oxygen atoms in total. The largest absolute Gasteiger partial charge is 0.497 e. The molecule has 0 aliphatic carbocycles. The zero-order chi connectivity index (χ0) is 12.1. The molecule has 0 saturated carbocycles. The summed E-state index contributed by atoms with van der Waals surface area (Å²) in [4.78, 5) is 10.7. The fraction of sp³-hybridized carbons (Fsp3) is 0.667. The number of ether oxygens (including phenoxy) is 1. The van der Waals surface area contributed by atoms with E-state index in [1.54, 1.807) is 6.92 Å². The van der Waals surface area contributed by atoms with Crippen molar-refractivity contribution < 1.29 is 17.9 Å². The average Bonchev–Trinajstić information content (AvgIpc) is 2.00. The van der Waals surface area contributed by atoms with Crippen molar-refractivity contribution in [3.63, 3.8) is 0 Å². The van der Waals surface area contributed by atoms with E-state index in [1.807, 2.05) is 0 Å².